The summed E-state index contributed by atoms with van der Waals surface area (Å²) in [5, 5.41) is 3.05. The summed E-state index contributed by atoms with van der Waals surface area (Å²) in [7, 11) is 0. The average molecular weight is 333 g/mol. The number of carbonyl (C=O) groups excluding carboxylic acids is 1. The molecule has 25 heavy (non-hydrogen) atoms. The van der Waals surface area contributed by atoms with Gasteiger partial charge in [0.15, 0.2) is 0 Å². The van der Waals surface area contributed by atoms with Crippen molar-refractivity contribution >= 4 is 5.91 Å². The predicted molar refractivity (Wildman–Crippen MR) is 99.6 cm³/mol. The van der Waals surface area contributed by atoms with Gasteiger partial charge in [-0.1, -0.05) is 42.0 Å². The van der Waals surface area contributed by atoms with Gasteiger partial charge in [0, 0.05) is 24.6 Å². The molecule has 0 unspecified atom stereocenters. The van der Waals surface area contributed by atoms with Gasteiger partial charge in [0.05, 0.1) is 11.7 Å². The van der Waals surface area contributed by atoms with E-state index in [0.29, 0.717) is 6.54 Å². The Balaban J connectivity index is 1.64. The van der Waals surface area contributed by atoms with Crippen LogP contribution >= 0.6 is 0 Å². The Labute approximate surface area is 148 Å². The van der Waals surface area contributed by atoms with E-state index in [9.17, 15) is 4.79 Å². The van der Waals surface area contributed by atoms with E-state index >= 15 is 0 Å². The second kappa shape index (κ2) is 6.93. The number of rotatable bonds is 5. The van der Waals surface area contributed by atoms with Crippen LogP contribution in [0.1, 0.15) is 30.5 Å². The summed E-state index contributed by atoms with van der Waals surface area (Å²) in [6.07, 6.45) is 5.42. The normalized spacial score (nSPS) is 11.3. The zero-order valence-corrected chi connectivity index (χ0v) is 14.9. The highest BCUT2D eigenvalue weighted by Gasteiger charge is 2.29. The standard InChI is InChI=1S/C21H23N3O/c1-16-4-8-18(9-5-16)21(2,3)20(25)23-14-17-6-10-19(11-7-17)24-13-12-22-15-24/h4-13,15H,14H2,1-3H3,(H,23,25). The molecule has 0 spiro atoms. The number of nitrogens with one attached hydrogen (secondary N) is 1. The SMILES string of the molecule is Cc1ccc(C(C)(C)C(=O)NCc2ccc(-n3ccnc3)cc2)cc1. The van der Waals surface area contributed by atoms with Crippen LogP contribution in [0.4, 0.5) is 0 Å². The molecule has 0 fully saturated rings. The molecule has 1 amide bonds. The summed E-state index contributed by atoms with van der Waals surface area (Å²) in [5.74, 6) is 0.0232. The van der Waals surface area contributed by atoms with Gasteiger partial charge in [0.2, 0.25) is 5.91 Å². The van der Waals surface area contributed by atoms with Crippen molar-refractivity contribution in [2.75, 3.05) is 0 Å². The molecule has 2 aromatic carbocycles. The van der Waals surface area contributed by atoms with E-state index < -0.39 is 5.41 Å². The maximum Gasteiger partial charge on any atom is 0.230 e. The lowest BCUT2D eigenvalue weighted by atomic mass is 9.83. The number of nitrogens with zero attached hydrogens (tertiary/aromatic N) is 2. The second-order valence-corrected chi connectivity index (χ2v) is 6.81. The van der Waals surface area contributed by atoms with Crippen LogP contribution in [0.2, 0.25) is 0 Å². The smallest absolute Gasteiger partial charge is 0.230 e. The van der Waals surface area contributed by atoms with Crippen LogP contribution < -0.4 is 5.32 Å². The molecule has 128 valence electrons. The number of imidazole rings is 1. The van der Waals surface area contributed by atoms with Gasteiger partial charge in [-0.15, -0.1) is 0 Å². The highest BCUT2D eigenvalue weighted by atomic mass is 16.2. The van der Waals surface area contributed by atoms with Crippen molar-refractivity contribution < 1.29 is 4.79 Å². The van der Waals surface area contributed by atoms with Crippen LogP contribution in [0.15, 0.2) is 67.3 Å². The van der Waals surface area contributed by atoms with Crippen LogP contribution in [-0.2, 0) is 16.8 Å². The van der Waals surface area contributed by atoms with Crippen molar-refractivity contribution in [1.82, 2.24) is 14.9 Å². The third-order valence-corrected chi connectivity index (χ3v) is 4.53. The zero-order valence-electron chi connectivity index (χ0n) is 14.9. The minimum Gasteiger partial charge on any atom is -0.351 e. The zero-order chi connectivity index (χ0) is 17.9. The lowest BCUT2D eigenvalue weighted by Crippen LogP contribution is -2.39. The Morgan fingerprint density at radius 1 is 1.08 bits per heavy atom. The van der Waals surface area contributed by atoms with E-state index in [1.165, 1.54) is 5.56 Å². The first-order valence-corrected chi connectivity index (χ1v) is 8.39. The number of amides is 1. The first kappa shape index (κ1) is 17.0. The summed E-state index contributed by atoms with van der Waals surface area (Å²) >= 11 is 0. The molecule has 3 aromatic rings. The minimum atomic E-state index is -0.565. The molecular weight excluding hydrogens is 310 g/mol. The summed E-state index contributed by atoms with van der Waals surface area (Å²) in [5.41, 5.74) is 3.76. The summed E-state index contributed by atoms with van der Waals surface area (Å²) in [6.45, 7) is 6.47. The highest BCUT2D eigenvalue weighted by molar-refractivity contribution is 5.87. The molecule has 0 aliphatic rings. The van der Waals surface area contributed by atoms with E-state index in [-0.39, 0.29) is 5.91 Å². The van der Waals surface area contributed by atoms with Gasteiger partial charge in [-0.2, -0.15) is 0 Å². The Morgan fingerprint density at radius 3 is 2.36 bits per heavy atom. The van der Waals surface area contributed by atoms with Gasteiger partial charge < -0.3 is 9.88 Å². The fraction of sp³-hybridized carbons (Fsp3) is 0.238. The predicted octanol–water partition coefficient (Wildman–Crippen LogP) is 3.77. The van der Waals surface area contributed by atoms with Crippen LogP contribution in [0.5, 0.6) is 0 Å². The molecule has 0 aliphatic heterocycles. The monoisotopic (exact) mass is 333 g/mol. The third-order valence-electron chi connectivity index (χ3n) is 4.53. The molecule has 1 N–H and O–H groups in total. The maximum atomic E-state index is 12.7. The summed E-state index contributed by atoms with van der Waals surface area (Å²) in [4.78, 5) is 16.7. The van der Waals surface area contributed by atoms with Gasteiger partial charge in [0.25, 0.3) is 0 Å². The highest BCUT2D eigenvalue weighted by Crippen LogP contribution is 2.24. The van der Waals surface area contributed by atoms with E-state index in [2.05, 4.69) is 10.3 Å². The lowest BCUT2D eigenvalue weighted by Gasteiger charge is -2.24. The number of carbonyl (C=O) groups is 1. The van der Waals surface area contributed by atoms with Crippen molar-refractivity contribution in [3.05, 3.63) is 83.9 Å². The largest absolute Gasteiger partial charge is 0.351 e. The molecule has 0 atom stereocenters. The quantitative estimate of drug-likeness (QED) is 0.772. The van der Waals surface area contributed by atoms with Crippen LogP contribution in [0.25, 0.3) is 5.69 Å². The fourth-order valence-electron chi connectivity index (χ4n) is 2.70. The van der Waals surface area contributed by atoms with Gasteiger partial charge in [-0.25, -0.2) is 4.98 Å². The van der Waals surface area contributed by atoms with Crippen molar-refractivity contribution in [2.45, 2.75) is 32.7 Å². The fourth-order valence-corrected chi connectivity index (χ4v) is 2.70. The minimum absolute atomic E-state index is 0.0232. The average Bonchev–Trinajstić information content (AvgIpc) is 3.15. The number of hydrogen-bond acceptors (Lipinski definition) is 2. The molecule has 0 saturated carbocycles. The van der Waals surface area contributed by atoms with E-state index in [1.54, 1.807) is 12.5 Å². The third kappa shape index (κ3) is 3.79. The van der Waals surface area contributed by atoms with E-state index in [4.69, 9.17) is 0 Å². The van der Waals surface area contributed by atoms with Gasteiger partial charge in [0.1, 0.15) is 0 Å². The second-order valence-electron chi connectivity index (χ2n) is 6.81. The van der Waals surface area contributed by atoms with E-state index in [0.717, 1.165) is 16.8 Å². The number of hydrogen-bond donors (Lipinski definition) is 1. The van der Waals surface area contributed by atoms with Gasteiger partial charge >= 0.3 is 0 Å². The van der Waals surface area contributed by atoms with Crippen molar-refractivity contribution in [2.24, 2.45) is 0 Å². The van der Waals surface area contributed by atoms with Gasteiger partial charge in [-0.05, 0) is 44.0 Å². The summed E-state index contributed by atoms with van der Waals surface area (Å²) in [6, 6.07) is 16.2. The number of aromatic nitrogens is 2. The molecule has 0 saturated heterocycles. The molecule has 0 bridgehead atoms. The Kier molecular flexibility index (Phi) is 4.70. The van der Waals surface area contributed by atoms with E-state index in [1.807, 2.05) is 80.1 Å². The molecule has 1 heterocycles. The van der Waals surface area contributed by atoms with Crippen LogP contribution in [0.3, 0.4) is 0 Å². The molecular formula is C21H23N3O. The first-order chi connectivity index (χ1) is 12.0. The number of benzene rings is 2. The van der Waals surface area contributed by atoms with Gasteiger partial charge in [-0.3, -0.25) is 4.79 Å². The van der Waals surface area contributed by atoms with Crippen LogP contribution in [0, 0.1) is 6.92 Å². The topological polar surface area (TPSA) is 46.9 Å². The Hall–Kier alpha value is -2.88. The Bertz CT molecular complexity index is 832. The molecule has 1 aromatic heterocycles. The molecule has 0 radical (unpaired) electrons. The molecule has 0 aliphatic carbocycles. The Morgan fingerprint density at radius 2 is 1.76 bits per heavy atom. The van der Waals surface area contributed by atoms with Crippen molar-refractivity contribution in [3.8, 4) is 5.69 Å². The molecule has 4 nitrogen and oxygen atoms in total. The maximum absolute atomic E-state index is 12.7. The molecule has 3 rings (SSSR count). The first-order valence-electron chi connectivity index (χ1n) is 8.39. The molecule has 4 heteroatoms. The van der Waals surface area contributed by atoms with Crippen LogP contribution in [-0.4, -0.2) is 15.5 Å². The lowest BCUT2D eigenvalue weighted by molar-refractivity contribution is -0.125. The van der Waals surface area contributed by atoms with Crippen molar-refractivity contribution in [1.29, 1.82) is 0 Å². The summed E-state index contributed by atoms with van der Waals surface area (Å²) < 4.78 is 1.95. The van der Waals surface area contributed by atoms with Crippen molar-refractivity contribution in [3.63, 3.8) is 0 Å². The number of aryl methyl sites for hydroxylation is 1.